The first kappa shape index (κ1) is 14.6. The number of halogens is 1. The average molecular weight is 322 g/mol. The molecule has 1 unspecified atom stereocenters. The van der Waals surface area contributed by atoms with Crippen molar-refractivity contribution in [1.82, 2.24) is 9.55 Å². The van der Waals surface area contributed by atoms with Gasteiger partial charge in [-0.2, -0.15) is 0 Å². The summed E-state index contributed by atoms with van der Waals surface area (Å²) in [5.74, 6) is -0.741. The standard InChI is InChI=1S/C18H13FN3O2/c1-11-17-16(18(23)12-6-8-13(19)9-7-12)20-10-21(17)14-4-2-3-5-15(14)22(11)24/h2-11H,1H3/q-1. The predicted octanol–water partition coefficient (Wildman–Crippen LogP) is 3.62. The fraction of sp³-hybridized carbons (Fsp3) is 0.111. The molecule has 0 saturated heterocycles. The molecule has 3 aromatic rings. The van der Waals surface area contributed by atoms with Crippen molar-refractivity contribution in [3.05, 3.63) is 82.8 Å². The summed E-state index contributed by atoms with van der Waals surface area (Å²) in [7, 11) is 0. The lowest BCUT2D eigenvalue weighted by molar-refractivity contribution is 0.103. The zero-order valence-corrected chi connectivity index (χ0v) is 12.8. The first-order valence-electron chi connectivity index (χ1n) is 7.51. The van der Waals surface area contributed by atoms with Gasteiger partial charge in [-0.1, -0.05) is 12.1 Å². The van der Waals surface area contributed by atoms with Crippen LogP contribution in [0.1, 0.15) is 34.7 Å². The van der Waals surface area contributed by atoms with E-state index < -0.39 is 11.9 Å². The molecule has 0 N–H and O–H groups in total. The zero-order valence-electron chi connectivity index (χ0n) is 12.8. The number of hydrogen-bond donors (Lipinski definition) is 0. The van der Waals surface area contributed by atoms with Crippen molar-refractivity contribution in [1.29, 1.82) is 0 Å². The molecule has 5 nitrogen and oxygen atoms in total. The highest BCUT2D eigenvalue weighted by Gasteiger charge is 2.29. The van der Waals surface area contributed by atoms with Crippen molar-refractivity contribution >= 4 is 11.5 Å². The molecule has 0 aliphatic carbocycles. The molecule has 2 heterocycles. The fourth-order valence-electron chi connectivity index (χ4n) is 3.04. The Bertz CT molecular complexity index is 934. The summed E-state index contributed by atoms with van der Waals surface area (Å²) in [6.45, 7) is 1.73. The number of nitrogens with zero attached hydrogens (tertiary/aromatic N) is 3. The quantitative estimate of drug-likeness (QED) is 0.676. The Morgan fingerprint density at radius 1 is 1.12 bits per heavy atom. The molecule has 0 amide bonds. The second-order valence-electron chi connectivity index (χ2n) is 5.67. The van der Waals surface area contributed by atoms with E-state index in [1.54, 1.807) is 30.0 Å². The van der Waals surface area contributed by atoms with Gasteiger partial charge in [0, 0.05) is 5.56 Å². The first-order valence-corrected chi connectivity index (χ1v) is 7.51. The molecular weight excluding hydrogens is 309 g/mol. The van der Waals surface area contributed by atoms with E-state index in [2.05, 4.69) is 4.98 Å². The lowest BCUT2D eigenvalue weighted by atomic mass is 10.0. The molecule has 1 atom stereocenters. The molecule has 1 aliphatic rings. The van der Waals surface area contributed by atoms with Crippen LogP contribution in [0, 0.1) is 11.0 Å². The molecule has 1 aromatic heterocycles. The Hall–Kier alpha value is -2.99. The van der Waals surface area contributed by atoms with Crippen molar-refractivity contribution in [3.63, 3.8) is 0 Å². The molecule has 24 heavy (non-hydrogen) atoms. The van der Waals surface area contributed by atoms with Gasteiger partial charge >= 0.3 is 0 Å². The van der Waals surface area contributed by atoms with Gasteiger partial charge in [0.2, 0.25) is 5.78 Å². The molecule has 1 aliphatic heterocycles. The van der Waals surface area contributed by atoms with Gasteiger partial charge in [-0.25, -0.2) is 9.37 Å². The maximum absolute atomic E-state index is 13.1. The number of carbonyl (C=O) groups is 1. The summed E-state index contributed by atoms with van der Waals surface area (Å²) in [6, 6.07) is 11.9. The molecule has 120 valence electrons. The Balaban J connectivity index is 1.86. The minimum atomic E-state index is -0.554. The number of imidazole rings is 1. The zero-order chi connectivity index (χ0) is 16.8. The smallest absolute Gasteiger partial charge is 0.213 e. The fourth-order valence-corrected chi connectivity index (χ4v) is 3.04. The van der Waals surface area contributed by atoms with E-state index in [-0.39, 0.29) is 11.5 Å². The molecular formula is C18H13FN3O2-. The van der Waals surface area contributed by atoms with E-state index in [0.29, 0.717) is 22.6 Å². The van der Waals surface area contributed by atoms with Crippen LogP contribution in [0.25, 0.3) is 5.69 Å². The molecule has 0 fully saturated rings. The van der Waals surface area contributed by atoms with Gasteiger partial charge in [0.15, 0.2) is 0 Å². The van der Waals surface area contributed by atoms with Crippen LogP contribution in [0.15, 0.2) is 54.9 Å². The van der Waals surface area contributed by atoms with Crippen molar-refractivity contribution in [2.45, 2.75) is 13.0 Å². The molecule has 0 spiro atoms. The van der Waals surface area contributed by atoms with Gasteiger partial charge in [0.25, 0.3) is 0 Å². The summed E-state index contributed by atoms with van der Waals surface area (Å²) in [5.41, 5.74) is 2.31. The maximum Gasteiger partial charge on any atom is 0.213 e. The van der Waals surface area contributed by atoms with Crippen molar-refractivity contribution < 1.29 is 9.18 Å². The van der Waals surface area contributed by atoms with Gasteiger partial charge in [0.1, 0.15) is 17.8 Å². The van der Waals surface area contributed by atoms with Crippen molar-refractivity contribution in [3.8, 4) is 5.69 Å². The van der Waals surface area contributed by atoms with E-state index in [0.717, 1.165) is 5.06 Å². The number of aromatic nitrogens is 2. The highest BCUT2D eigenvalue weighted by Crippen LogP contribution is 2.39. The lowest BCUT2D eigenvalue weighted by Gasteiger charge is -2.42. The molecule has 4 rings (SSSR count). The lowest BCUT2D eigenvalue weighted by Crippen LogP contribution is -2.29. The normalized spacial score (nSPS) is 15.8. The topological polar surface area (TPSA) is 61.2 Å². The first-order chi connectivity index (χ1) is 11.6. The number of anilines is 1. The van der Waals surface area contributed by atoms with Gasteiger partial charge in [-0.15, -0.1) is 0 Å². The highest BCUT2D eigenvalue weighted by molar-refractivity contribution is 6.08. The number of para-hydroxylation sites is 2. The third kappa shape index (κ3) is 2.04. The van der Waals surface area contributed by atoms with Gasteiger partial charge in [-0.05, 0) is 43.3 Å². The second kappa shape index (κ2) is 5.28. The highest BCUT2D eigenvalue weighted by atomic mass is 19.1. The summed E-state index contributed by atoms with van der Waals surface area (Å²) in [6.07, 6.45) is 1.55. The van der Waals surface area contributed by atoms with Gasteiger partial charge in [0.05, 0.1) is 23.1 Å². The van der Waals surface area contributed by atoms with Crippen molar-refractivity contribution in [2.24, 2.45) is 0 Å². The van der Waals surface area contributed by atoms with E-state index in [1.807, 2.05) is 12.1 Å². The van der Waals surface area contributed by atoms with E-state index in [4.69, 9.17) is 0 Å². The third-order valence-electron chi connectivity index (χ3n) is 4.25. The second-order valence-corrected chi connectivity index (χ2v) is 5.67. The van der Waals surface area contributed by atoms with Crippen LogP contribution >= 0.6 is 0 Å². The minimum Gasteiger partial charge on any atom is -0.758 e. The number of hydrogen-bond acceptors (Lipinski definition) is 4. The van der Waals surface area contributed by atoms with Crippen LogP contribution in [0.4, 0.5) is 10.1 Å². The Kier molecular flexibility index (Phi) is 3.21. The Labute approximate surface area is 137 Å². The number of ketones is 1. The van der Waals surface area contributed by atoms with Crippen LogP contribution in [0.2, 0.25) is 0 Å². The molecule has 0 bridgehead atoms. The van der Waals surface area contributed by atoms with E-state index >= 15 is 0 Å². The summed E-state index contributed by atoms with van der Waals surface area (Å²) >= 11 is 0. The summed E-state index contributed by atoms with van der Waals surface area (Å²) in [4.78, 5) is 17.0. The van der Waals surface area contributed by atoms with Crippen LogP contribution in [0.3, 0.4) is 0 Å². The predicted molar refractivity (Wildman–Crippen MR) is 87.7 cm³/mol. The van der Waals surface area contributed by atoms with Gasteiger partial charge < -0.3 is 10.3 Å². The largest absolute Gasteiger partial charge is 0.758 e. The van der Waals surface area contributed by atoms with E-state index in [1.165, 1.54) is 24.3 Å². The number of carbonyl (C=O) groups excluding carboxylic acids is 1. The number of hydroxylamine groups is 1. The molecule has 0 saturated carbocycles. The molecule has 2 aromatic carbocycles. The monoisotopic (exact) mass is 322 g/mol. The molecule has 0 radical (unpaired) electrons. The Morgan fingerprint density at radius 2 is 1.79 bits per heavy atom. The SMILES string of the molecule is CC1c2c(C(=O)c3ccc(F)cc3)ncn2-c2ccccc2N1[O-]. The number of benzene rings is 2. The third-order valence-corrected chi connectivity index (χ3v) is 4.25. The maximum atomic E-state index is 13.1. The number of rotatable bonds is 2. The van der Waals surface area contributed by atoms with Crippen molar-refractivity contribution in [2.75, 3.05) is 5.06 Å². The average Bonchev–Trinajstić information content (AvgIpc) is 3.05. The summed E-state index contributed by atoms with van der Waals surface area (Å²) in [5, 5.41) is 13.4. The summed E-state index contributed by atoms with van der Waals surface area (Å²) < 4.78 is 14.8. The Morgan fingerprint density at radius 3 is 2.50 bits per heavy atom. The van der Waals surface area contributed by atoms with Crippen LogP contribution in [-0.4, -0.2) is 15.3 Å². The van der Waals surface area contributed by atoms with Gasteiger partial charge in [-0.3, -0.25) is 9.36 Å². The van der Waals surface area contributed by atoms with Crippen LogP contribution in [-0.2, 0) is 0 Å². The minimum absolute atomic E-state index is 0.212. The van der Waals surface area contributed by atoms with E-state index in [9.17, 15) is 14.4 Å². The van der Waals surface area contributed by atoms with Crippen LogP contribution < -0.4 is 5.06 Å². The molecule has 6 heteroatoms. The number of fused-ring (bicyclic) bond motifs is 3. The van der Waals surface area contributed by atoms with Crippen LogP contribution in [0.5, 0.6) is 0 Å².